The highest BCUT2D eigenvalue weighted by atomic mass is 16.6. The number of hydrogen-bond acceptors (Lipinski definition) is 4. The number of carbonyl (C=O) groups is 1. The molecule has 1 rings (SSSR count). The highest BCUT2D eigenvalue weighted by Crippen LogP contribution is 2.12. The predicted molar refractivity (Wildman–Crippen MR) is 72.1 cm³/mol. The SMILES string of the molecule is CC(C)(C)OC(=O)NCc1ccc(OCCO)cc1. The summed E-state index contributed by atoms with van der Waals surface area (Å²) in [5.41, 5.74) is 0.453. The number of aliphatic hydroxyl groups excluding tert-OH is 1. The number of carbonyl (C=O) groups excluding carboxylic acids is 1. The van der Waals surface area contributed by atoms with Crippen LogP contribution in [0.2, 0.25) is 0 Å². The lowest BCUT2D eigenvalue weighted by Gasteiger charge is -2.19. The first-order chi connectivity index (χ1) is 8.90. The summed E-state index contributed by atoms with van der Waals surface area (Å²) in [5, 5.41) is 11.3. The van der Waals surface area contributed by atoms with E-state index in [4.69, 9.17) is 14.6 Å². The summed E-state index contributed by atoms with van der Waals surface area (Å²) in [4.78, 5) is 11.5. The van der Waals surface area contributed by atoms with E-state index in [2.05, 4.69) is 5.32 Å². The van der Waals surface area contributed by atoms with Crippen molar-refractivity contribution in [3.8, 4) is 5.75 Å². The molecule has 0 fully saturated rings. The molecule has 0 aliphatic heterocycles. The van der Waals surface area contributed by atoms with Gasteiger partial charge >= 0.3 is 6.09 Å². The molecule has 0 aliphatic carbocycles. The van der Waals surface area contributed by atoms with Crippen LogP contribution in [0.5, 0.6) is 5.75 Å². The van der Waals surface area contributed by atoms with Gasteiger partial charge in [0.05, 0.1) is 6.61 Å². The van der Waals surface area contributed by atoms with Crippen LogP contribution in [0.15, 0.2) is 24.3 Å². The van der Waals surface area contributed by atoms with Crippen molar-refractivity contribution in [2.45, 2.75) is 32.9 Å². The molecule has 0 bridgehead atoms. The highest BCUT2D eigenvalue weighted by molar-refractivity contribution is 5.67. The molecule has 0 unspecified atom stereocenters. The van der Waals surface area contributed by atoms with Gasteiger partial charge in [-0.2, -0.15) is 0 Å². The molecule has 0 aromatic heterocycles. The molecule has 0 radical (unpaired) electrons. The van der Waals surface area contributed by atoms with Crippen LogP contribution < -0.4 is 10.1 Å². The standard InChI is InChI=1S/C14H21NO4/c1-14(2,3)19-13(17)15-10-11-4-6-12(7-5-11)18-9-8-16/h4-7,16H,8-10H2,1-3H3,(H,15,17). The molecule has 0 spiro atoms. The second kappa shape index (κ2) is 6.99. The second-order valence-corrected chi connectivity index (χ2v) is 5.07. The van der Waals surface area contributed by atoms with Crippen LogP contribution in [-0.4, -0.2) is 30.0 Å². The molecule has 0 saturated carbocycles. The minimum atomic E-state index is -0.494. The van der Waals surface area contributed by atoms with Gasteiger partial charge in [0.15, 0.2) is 0 Å². The molecule has 1 aromatic carbocycles. The molecule has 106 valence electrons. The Kier molecular flexibility index (Phi) is 5.63. The largest absolute Gasteiger partial charge is 0.491 e. The van der Waals surface area contributed by atoms with E-state index in [1.165, 1.54) is 0 Å². The Bertz CT molecular complexity index is 395. The van der Waals surface area contributed by atoms with E-state index in [1.54, 1.807) is 12.1 Å². The summed E-state index contributed by atoms with van der Waals surface area (Å²) in [6.45, 7) is 6.12. The summed E-state index contributed by atoms with van der Waals surface area (Å²) in [6, 6.07) is 7.29. The first-order valence-electron chi connectivity index (χ1n) is 6.20. The number of ether oxygens (including phenoxy) is 2. The van der Waals surface area contributed by atoms with Gasteiger partial charge in [0.2, 0.25) is 0 Å². The van der Waals surface area contributed by atoms with Crippen molar-refractivity contribution >= 4 is 6.09 Å². The Balaban J connectivity index is 2.39. The monoisotopic (exact) mass is 267 g/mol. The molecular weight excluding hydrogens is 246 g/mol. The fourth-order valence-corrected chi connectivity index (χ4v) is 1.36. The molecule has 1 amide bonds. The maximum absolute atomic E-state index is 11.5. The smallest absolute Gasteiger partial charge is 0.407 e. The fraction of sp³-hybridized carbons (Fsp3) is 0.500. The van der Waals surface area contributed by atoms with E-state index in [-0.39, 0.29) is 13.2 Å². The molecular formula is C14H21NO4. The van der Waals surface area contributed by atoms with Gasteiger partial charge in [-0.1, -0.05) is 12.1 Å². The van der Waals surface area contributed by atoms with Crippen molar-refractivity contribution in [3.05, 3.63) is 29.8 Å². The molecule has 19 heavy (non-hydrogen) atoms. The van der Waals surface area contributed by atoms with Crippen LogP contribution >= 0.6 is 0 Å². The highest BCUT2D eigenvalue weighted by Gasteiger charge is 2.15. The summed E-state index contributed by atoms with van der Waals surface area (Å²) in [7, 11) is 0. The zero-order valence-corrected chi connectivity index (χ0v) is 11.6. The number of nitrogens with one attached hydrogen (secondary N) is 1. The molecule has 1 aromatic rings. The maximum Gasteiger partial charge on any atom is 0.407 e. The minimum absolute atomic E-state index is 0.0120. The van der Waals surface area contributed by atoms with Crippen LogP contribution in [0.25, 0.3) is 0 Å². The number of hydrogen-bond donors (Lipinski definition) is 2. The van der Waals surface area contributed by atoms with Crippen molar-refractivity contribution in [3.63, 3.8) is 0 Å². The number of aliphatic hydroxyl groups is 1. The molecule has 0 heterocycles. The molecule has 2 N–H and O–H groups in total. The first kappa shape index (κ1) is 15.3. The molecule has 0 atom stereocenters. The van der Waals surface area contributed by atoms with Gasteiger partial charge in [-0.15, -0.1) is 0 Å². The molecule has 0 aliphatic rings. The van der Waals surface area contributed by atoms with Gasteiger partial charge in [-0.25, -0.2) is 4.79 Å². The molecule has 0 saturated heterocycles. The van der Waals surface area contributed by atoms with Gasteiger partial charge in [-0.3, -0.25) is 0 Å². The summed E-state index contributed by atoms with van der Waals surface area (Å²) >= 11 is 0. The maximum atomic E-state index is 11.5. The van der Waals surface area contributed by atoms with Crippen LogP contribution in [-0.2, 0) is 11.3 Å². The zero-order valence-electron chi connectivity index (χ0n) is 11.6. The average molecular weight is 267 g/mol. The van der Waals surface area contributed by atoms with Gasteiger partial charge < -0.3 is 19.9 Å². The number of benzene rings is 1. The van der Waals surface area contributed by atoms with Crippen LogP contribution in [0.1, 0.15) is 26.3 Å². The third kappa shape index (κ3) is 6.67. The average Bonchev–Trinajstić information content (AvgIpc) is 2.33. The number of alkyl carbamates (subject to hydrolysis) is 1. The van der Waals surface area contributed by atoms with Crippen molar-refractivity contribution in [2.75, 3.05) is 13.2 Å². The van der Waals surface area contributed by atoms with Gasteiger partial charge in [0.1, 0.15) is 18.0 Å². The Morgan fingerprint density at radius 3 is 2.42 bits per heavy atom. The second-order valence-electron chi connectivity index (χ2n) is 5.07. The number of rotatable bonds is 5. The normalized spacial score (nSPS) is 10.9. The third-order valence-electron chi connectivity index (χ3n) is 2.12. The van der Waals surface area contributed by atoms with Crippen molar-refractivity contribution < 1.29 is 19.4 Å². The first-order valence-corrected chi connectivity index (χ1v) is 6.20. The predicted octanol–water partition coefficient (Wildman–Crippen LogP) is 2.08. The van der Waals surface area contributed by atoms with E-state index in [0.29, 0.717) is 12.3 Å². The van der Waals surface area contributed by atoms with E-state index >= 15 is 0 Å². The van der Waals surface area contributed by atoms with Crippen molar-refractivity contribution in [1.82, 2.24) is 5.32 Å². The van der Waals surface area contributed by atoms with Crippen molar-refractivity contribution in [2.24, 2.45) is 0 Å². The summed E-state index contributed by atoms with van der Waals surface area (Å²) in [5.74, 6) is 0.690. The quantitative estimate of drug-likeness (QED) is 0.857. The Morgan fingerprint density at radius 2 is 1.89 bits per heavy atom. The van der Waals surface area contributed by atoms with E-state index in [9.17, 15) is 4.79 Å². The van der Waals surface area contributed by atoms with E-state index in [0.717, 1.165) is 5.56 Å². The Labute approximate surface area is 113 Å². The van der Waals surface area contributed by atoms with Gasteiger partial charge in [-0.05, 0) is 38.5 Å². The van der Waals surface area contributed by atoms with Crippen molar-refractivity contribution in [1.29, 1.82) is 0 Å². The Hall–Kier alpha value is -1.75. The topological polar surface area (TPSA) is 67.8 Å². The third-order valence-corrected chi connectivity index (χ3v) is 2.12. The van der Waals surface area contributed by atoms with Crippen LogP contribution in [0.4, 0.5) is 4.79 Å². The lowest BCUT2D eigenvalue weighted by Crippen LogP contribution is -2.32. The lowest BCUT2D eigenvalue weighted by molar-refractivity contribution is 0.0523. The summed E-state index contributed by atoms with van der Waals surface area (Å²) in [6.07, 6.45) is -0.437. The Morgan fingerprint density at radius 1 is 1.26 bits per heavy atom. The molecule has 5 heteroatoms. The van der Waals surface area contributed by atoms with E-state index in [1.807, 2.05) is 32.9 Å². The zero-order chi connectivity index (χ0) is 14.3. The minimum Gasteiger partial charge on any atom is -0.491 e. The van der Waals surface area contributed by atoms with Crippen LogP contribution in [0, 0.1) is 0 Å². The fourth-order valence-electron chi connectivity index (χ4n) is 1.36. The van der Waals surface area contributed by atoms with Gasteiger partial charge in [0.25, 0.3) is 0 Å². The number of amides is 1. The summed E-state index contributed by atoms with van der Waals surface area (Å²) < 4.78 is 10.4. The van der Waals surface area contributed by atoms with E-state index < -0.39 is 11.7 Å². The lowest BCUT2D eigenvalue weighted by atomic mass is 10.2. The van der Waals surface area contributed by atoms with Crippen LogP contribution in [0.3, 0.4) is 0 Å². The van der Waals surface area contributed by atoms with Gasteiger partial charge in [0, 0.05) is 6.54 Å². The molecule has 5 nitrogen and oxygen atoms in total.